The van der Waals surface area contributed by atoms with Gasteiger partial charge < -0.3 is 5.73 Å². The molecule has 98 valence electrons. The van der Waals surface area contributed by atoms with Crippen LogP contribution in [0.3, 0.4) is 0 Å². The van der Waals surface area contributed by atoms with E-state index in [-0.39, 0.29) is 10.9 Å². The molecule has 18 heavy (non-hydrogen) atoms. The molecule has 0 aliphatic heterocycles. The highest BCUT2D eigenvalue weighted by atomic mass is 32.2. The van der Waals surface area contributed by atoms with Crippen LogP contribution in [0.15, 0.2) is 35.2 Å². The summed E-state index contributed by atoms with van der Waals surface area (Å²) in [5.74, 6) is 0. The molecule has 0 saturated heterocycles. The molecular weight excluding hydrogens is 248 g/mol. The number of benzene rings is 1. The molecule has 0 aromatic heterocycles. The molecule has 1 aromatic carbocycles. The molecule has 1 atom stereocenters. The normalized spacial score (nSPS) is 19.9. The quantitative estimate of drug-likeness (QED) is 0.649. The number of rotatable bonds is 3. The van der Waals surface area contributed by atoms with Crippen LogP contribution in [0.4, 0.5) is 5.69 Å². The molecule has 1 aliphatic carbocycles. The van der Waals surface area contributed by atoms with Gasteiger partial charge in [0, 0.05) is 6.04 Å². The van der Waals surface area contributed by atoms with Crippen LogP contribution in [-0.4, -0.2) is 14.5 Å². The van der Waals surface area contributed by atoms with Gasteiger partial charge in [0.05, 0.1) is 5.69 Å². The first kappa shape index (κ1) is 13.1. The Morgan fingerprint density at radius 2 is 2.11 bits per heavy atom. The zero-order valence-electron chi connectivity index (χ0n) is 10.4. The van der Waals surface area contributed by atoms with Crippen molar-refractivity contribution in [2.24, 2.45) is 0 Å². The maximum atomic E-state index is 12.3. The highest BCUT2D eigenvalue weighted by Gasteiger charge is 2.23. The van der Waals surface area contributed by atoms with Crippen molar-refractivity contribution < 1.29 is 8.42 Å². The van der Waals surface area contributed by atoms with Gasteiger partial charge in [-0.1, -0.05) is 24.3 Å². The summed E-state index contributed by atoms with van der Waals surface area (Å²) in [6.07, 6.45) is 6.58. The number of nitrogen functional groups attached to an aromatic ring is 1. The number of hydrogen-bond donors (Lipinski definition) is 2. The molecule has 1 unspecified atom stereocenters. The third-order valence-electron chi connectivity index (χ3n) is 3.10. The van der Waals surface area contributed by atoms with Crippen LogP contribution in [0, 0.1) is 6.92 Å². The molecule has 0 saturated carbocycles. The number of nitrogens with one attached hydrogen (secondary N) is 1. The summed E-state index contributed by atoms with van der Waals surface area (Å²) in [5.41, 5.74) is 6.75. The standard InChI is InChI=1S/C13H18N2O2S/c1-10-6-5-9-12(14)13(10)18(16,17)15-11-7-3-2-4-8-11/h2-3,5-6,9,11,15H,4,7-8,14H2,1H3. The number of allylic oxidation sites excluding steroid dienone is 1. The van der Waals surface area contributed by atoms with E-state index in [1.165, 1.54) is 0 Å². The fraction of sp³-hybridized carbons (Fsp3) is 0.385. The molecular formula is C13H18N2O2S. The number of anilines is 1. The van der Waals surface area contributed by atoms with Gasteiger partial charge >= 0.3 is 0 Å². The molecule has 2 rings (SSSR count). The summed E-state index contributed by atoms with van der Waals surface area (Å²) in [5, 5.41) is 0. The lowest BCUT2D eigenvalue weighted by Crippen LogP contribution is -2.36. The summed E-state index contributed by atoms with van der Waals surface area (Å²) >= 11 is 0. The van der Waals surface area contributed by atoms with E-state index in [1.807, 2.05) is 6.08 Å². The van der Waals surface area contributed by atoms with Gasteiger partial charge in [0.2, 0.25) is 10.0 Å². The largest absolute Gasteiger partial charge is 0.398 e. The molecule has 1 aromatic rings. The molecule has 0 spiro atoms. The van der Waals surface area contributed by atoms with Crippen molar-refractivity contribution in [3.63, 3.8) is 0 Å². The fourth-order valence-corrected chi connectivity index (χ4v) is 3.86. The van der Waals surface area contributed by atoms with Crippen LogP contribution in [-0.2, 0) is 10.0 Å². The summed E-state index contributed by atoms with van der Waals surface area (Å²) in [6, 6.07) is 5.10. The van der Waals surface area contributed by atoms with E-state index < -0.39 is 10.0 Å². The fourth-order valence-electron chi connectivity index (χ4n) is 2.22. The second-order valence-electron chi connectivity index (χ2n) is 4.60. The number of sulfonamides is 1. The Kier molecular flexibility index (Phi) is 3.73. The van der Waals surface area contributed by atoms with E-state index >= 15 is 0 Å². The van der Waals surface area contributed by atoms with Crippen LogP contribution >= 0.6 is 0 Å². The van der Waals surface area contributed by atoms with Gasteiger partial charge in [0.15, 0.2) is 0 Å². The van der Waals surface area contributed by atoms with Gasteiger partial charge in [-0.15, -0.1) is 0 Å². The predicted molar refractivity (Wildman–Crippen MR) is 72.7 cm³/mol. The van der Waals surface area contributed by atoms with Crippen LogP contribution in [0.25, 0.3) is 0 Å². The van der Waals surface area contributed by atoms with Crippen molar-refractivity contribution in [1.82, 2.24) is 4.72 Å². The highest BCUT2D eigenvalue weighted by Crippen LogP contribution is 2.23. The topological polar surface area (TPSA) is 72.2 Å². The molecule has 0 radical (unpaired) electrons. The molecule has 0 amide bonds. The molecule has 0 fully saturated rings. The van der Waals surface area contributed by atoms with E-state index in [9.17, 15) is 8.42 Å². The Morgan fingerprint density at radius 3 is 2.72 bits per heavy atom. The van der Waals surface area contributed by atoms with Gasteiger partial charge in [0.1, 0.15) is 4.90 Å². The molecule has 3 N–H and O–H groups in total. The zero-order valence-corrected chi connectivity index (χ0v) is 11.2. The number of hydrogen-bond acceptors (Lipinski definition) is 3. The Morgan fingerprint density at radius 1 is 1.33 bits per heavy atom. The van der Waals surface area contributed by atoms with Gasteiger partial charge in [-0.25, -0.2) is 13.1 Å². The summed E-state index contributed by atoms with van der Waals surface area (Å²) in [7, 11) is -3.53. The first-order chi connectivity index (χ1) is 8.50. The Hall–Kier alpha value is -1.33. The van der Waals surface area contributed by atoms with Crippen LogP contribution < -0.4 is 10.5 Å². The van der Waals surface area contributed by atoms with E-state index in [2.05, 4.69) is 10.8 Å². The van der Waals surface area contributed by atoms with Crippen molar-refractivity contribution in [2.45, 2.75) is 37.1 Å². The first-order valence-electron chi connectivity index (χ1n) is 6.03. The van der Waals surface area contributed by atoms with Gasteiger partial charge in [0.25, 0.3) is 0 Å². The van der Waals surface area contributed by atoms with E-state index in [1.54, 1.807) is 25.1 Å². The Labute approximate surface area is 108 Å². The minimum absolute atomic E-state index is 0.0287. The molecule has 1 aliphatic rings. The molecule has 5 heteroatoms. The second kappa shape index (κ2) is 5.12. The monoisotopic (exact) mass is 266 g/mol. The minimum atomic E-state index is -3.53. The Balaban J connectivity index is 2.28. The van der Waals surface area contributed by atoms with Crippen molar-refractivity contribution in [1.29, 1.82) is 0 Å². The van der Waals surface area contributed by atoms with Crippen LogP contribution in [0.5, 0.6) is 0 Å². The lowest BCUT2D eigenvalue weighted by Gasteiger charge is -2.20. The maximum absolute atomic E-state index is 12.3. The predicted octanol–water partition coefficient (Wildman–Crippen LogP) is 1.96. The van der Waals surface area contributed by atoms with Crippen molar-refractivity contribution in [2.75, 3.05) is 5.73 Å². The third kappa shape index (κ3) is 2.73. The summed E-state index contributed by atoms with van der Waals surface area (Å²) < 4.78 is 27.4. The van der Waals surface area contributed by atoms with Crippen molar-refractivity contribution in [3.05, 3.63) is 35.9 Å². The van der Waals surface area contributed by atoms with E-state index in [0.29, 0.717) is 11.3 Å². The molecule has 0 bridgehead atoms. The third-order valence-corrected chi connectivity index (χ3v) is 4.84. The van der Waals surface area contributed by atoms with Gasteiger partial charge in [-0.2, -0.15) is 0 Å². The number of aryl methyl sites for hydroxylation is 1. The lowest BCUT2D eigenvalue weighted by molar-refractivity contribution is 0.522. The maximum Gasteiger partial charge on any atom is 0.243 e. The highest BCUT2D eigenvalue weighted by molar-refractivity contribution is 7.89. The number of nitrogens with two attached hydrogens (primary N) is 1. The second-order valence-corrected chi connectivity index (χ2v) is 6.25. The summed E-state index contributed by atoms with van der Waals surface area (Å²) in [4.78, 5) is 0.208. The average Bonchev–Trinajstić information content (AvgIpc) is 2.28. The van der Waals surface area contributed by atoms with Crippen molar-refractivity contribution in [3.8, 4) is 0 Å². The first-order valence-corrected chi connectivity index (χ1v) is 7.51. The van der Waals surface area contributed by atoms with Gasteiger partial charge in [-0.05, 0) is 37.8 Å². The smallest absolute Gasteiger partial charge is 0.243 e. The zero-order chi connectivity index (χ0) is 13.2. The minimum Gasteiger partial charge on any atom is -0.398 e. The lowest BCUT2D eigenvalue weighted by atomic mass is 10.0. The van der Waals surface area contributed by atoms with E-state index in [4.69, 9.17) is 5.73 Å². The van der Waals surface area contributed by atoms with Crippen LogP contribution in [0.1, 0.15) is 24.8 Å². The van der Waals surface area contributed by atoms with Crippen molar-refractivity contribution >= 4 is 15.7 Å². The molecule has 0 heterocycles. The Bertz CT molecular complexity index is 544. The average molecular weight is 266 g/mol. The van der Waals surface area contributed by atoms with Gasteiger partial charge in [-0.3, -0.25) is 0 Å². The SMILES string of the molecule is Cc1cccc(N)c1S(=O)(=O)NC1CC=CCC1. The van der Waals surface area contributed by atoms with Crippen LogP contribution in [0.2, 0.25) is 0 Å². The summed E-state index contributed by atoms with van der Waals surface area (Å²) in [6.45, 7) is 1.76. The van der Waals surface area contributed by atoms with E-state index in [0.717, 1.165) is 19.3 Å². The molecule has 4 nitrogen and oxygen atoms in total.